The van der Waals surface area contributed by atoms with Gasteiger partial charge in [0.15, 0.2) is 5.78 Å². The third-order valence-corrected chi connectivity index (χ3v) is 6.28. The Morgan fingerprint density at radius 2 is 1.73 bits per heavy atom. The number of carbonyl (C=O) groups excluding carboxylic acids is 5. The van der Waals surface area contributed by atoms with E-state index in [2.05, 4.69) is 26.0 Å². The van der Waals surface area contributed by atoms with Gasteiger partial charge in [-0.15, -0.1) is 0 Å². The number of non-ortho nitro benzene ring substituents is 1. The predicted octanol–water partition coefficient (Wildman–Crippen LogP) is 3.72. The van der Waals surface area contributed by atoms with Crippen molar-refractivity contribution in [3.63, 3.8) is 0 Å². The Morgan fingerprint density at radius 3 is 2.31 bits per heavy atom. The van der Waals surface area contributed by atoms with Crippen LogP contribution in [0.25, 0.3) is 10.4 Å². The second-order valence-electron chi connectivity index (χ2n) is 10.1. The Balaban J connectivity index is 2.00. The summed E-state index contributed by atoms with van der Waals surface area (Å²) in [4.78, 5) is 74.1. The maximum atomic E-state index is 13.2. The van der Waals surface area contributed by atoms with Crippen LogP contribution in [-0.4, -0.2) is 53.8 Å². The highest BCUT2D eigenvalue weighted by Gasteiger charge is 2.29. The minimum atomic E-state index is -1.02. The molecule has 17 heteroatoms. The Morgan fingerprint density at radius 1 is 1.07 bits per heavy atom. The lowest BCUT2D eigenvalue weighted by Crippen LogP contribution is -2.46. The number of anilines is 1. The summed E-state index contributed by atoms with van der Waals surface area (Å²) in [5.74, 6) is -2.56. The van der Waals surface area contributed by atoms with Crippen molar-refractivity contribution in [2.75, 3.05) is 18.4 Å². The van der Waals surface area contributed by atoms with Crippen LogP contribution in [0, 0.1) is 22.0 Å². The number of carbonyl (C=O) groups is 5. The van der Waals surface area contributed by atoms with Crippen molar-refractivity contribution in [1.82, 2.24) is 10.6 Å². The number of rotatable bonds is 17. The lowest BCUT2D eigenvalue weighted by molar-refractivity contribution is -0.384. The van der Waals surface area contributed by atoms with Gasteiger partial charge in [-0.3, -0.25) is 24.5 Å². The van der Waals surface area contributed by atoms with E-state index in [1.54, 1.807) is 38.1 Å². The van der Waals surface area contributed by atoms with Gasteiger partial charge in [0, 0.05) is 41.6 Å². The molecular formula is C28H34N8O9. The Labute approximate surface area is 257 Å². The van der Waals surface area contributed by atoms with Crippen molar-refractivity contribution in [3.8, 4) is 5.75 Å². The van der Waals surface area contributed by atoms with Gasteiger partial charge in [0.2, 0.25) is 11.8 Å². The number of Topliss-reactive ketones (excluding diaryl/α,β-unsaturated/α-hetero) is 1. The van der Waals surface area contributed by atoms with Crippen molar-refractivity contribution in [3.05, 3.63) is 74.7 Å². The van der Waals surface area contributed by atoms with Gasteiger partial charge in [0.1, 0.15) is 18.9 Å². The van der Waals surface area contributed by atoms with Crippen LogP contribution < -0.4 is 26.4 Å². The smallest absolute Gasteiger partial charge is 0.429 e. The third kappa shape index (κ3) is 13.0. The summed E-state index contributed by atoms with van der Waals surface area (Å²) in [6.45, 7) is 3.00. The Bertz CT molecular complexity index is 1410. The highest BCUT2D eigenvalue weighted by Crippen LogP contribution is 2.20. The molecule has 0 bridgehead atoms. The number of hydrogen-bond donors (Lipinski definition) is 4. The molecule has 4 amide bonds. The van der Waals surface area contributed by atoms with E-state index in [1.165, 1.54) is 24.3 Å². The lowest BCUT2D eigenvalue weighted by atomic mass is 9.89. The van der Waals surface area contributed by atoms with E-state index in [1.807, 2.05) is 0 Å². The molecule has 2 atom stereocenters. The number of hydrogen-bond acceptors (Lipinski definition) is 10. The molecule has 240 valence electrons. The highest BCUT2D eigenvalue weighted by molar-refractivity contribution is 5.97. The second kappa shape index (κ2) is 18.1. The van der Waals surface area contributed by atoms with Crippen LogP contribution in [-0.2, 0) is 25.7 Å². The van der Waals surface area contributed by atoms with Gasteiger partial charge in [-0.1, -0.05) is 31.1 Å². The largest absolute Gasteiger partial charge is 0.514 e. The van der Waals surface area contributed by atoms with E-state index in [4.69, 9.17) is 20.7 Å². The van der Waals surface area contributed by atoms with Gasteiger partial charge in [0.05, 0.1) is 11.0 Å². The molecule has 0 unspecified atom stereocenters. The molecule has 0 aromatic heterocycles. The minimum absolute atomic E-state index is 0.0670. The Kier molecular flexibility index (Phi) is 14.3. The maximum Gasteiger partial charge on any atom is 0.514 e. The fraction of sp³-hybridized carbons (Fsp3) is 0.393. The molecule has 0 aliphatic heterocycles. The zero-order chi connectivity index (χ0) is 33.4. The van der Waals surface area contributed by atoms with Crippen molar-refractivity contribution in [2.45, 2.75) is 45.8 Å². The average Bonchev–Trinajstić information content (AvgIpc) is 2.99. The molecule has 0 fully saturated rings. The minimum Gasteiger partial charge on any atom is -0.429 e. The molecule has 0 aliphatic rings. The molecule has 0 saturated carbocycles. The summed E-state index contributed by atoms with van der Waals surface area (Å²) in [7, 11) is 0. The van der Waals surface area contributed by atoms with Crippen molar-refractivity contribution in [2.24, 2.45) is 22.7 Å². The molecule has 5 N–H and O–H groups in total. The quantitative estimate of drug-likeness (QED) is 0.0291. The first-order valence-electron chi connectivity index (χ1n) is 13.7. The number of nitro groups is 1. The van der Waals surface area contributed by atoms with Gasteiger partial charge in [0.25, 0.3) is 5.69 Å². The normalized spacial score (nSPS) is 11.7. The SMILES string of the molecule is CC(C)[C@H](NC(=O)CN=[N+]=[N-])C(=O)C[C@@H](CCCNC(N)=O)C(=O)Nc1ccc(COC(=O)Oc2ccc([N+](=O)[O-])cc2)cc1. The fourth-order valence-corrected chi connectivity index (χ4v) is 4.02. The van der Waals surface area contributed by atoms with Gasteiger partial charge >= 0.3 is 12.2 Å². The van der Waals surface area contributed by atoms with Crippen LogP contribution in [0.4, 0.5) is 21.0 Å². The van der Waals surface area contributed by atoms with Crippen molar-refractivity contribution < 1.29 is 38.4 Å². The van der Waals surface area contributed by atoms with E-state index in [-0.39, 0.29) is 43.3 Å². The summed E-state index contributed by atoms with van der Waals surface area (Å²) in [5.41, 5.74) is 14.3. The molecule has 2 aromatic rings. The van der Waals surface area contributed by atoms with Crippen LogP contribution in [0.5, 0.6) is 5.75 Å². The van der Waals surface area contributed by atoms with Crippen LogP contribution in [0.2, 0.25) is 0 Å². The summed E-state index contributed by atoms with van der Waals surface area (Å²) in [5, 5.41) is 21.6. The monoisotopic (exact) mass is 626 g/mol. The van der Waals surface area contributed by atoms with Gasteiger partial charge in [-0.2, -0.15) is 0 Å². The highest BCUT2D eigenvalue weighted by atomic mass is 16.7. The number of urea groups is 1. The van der Waals surface area contributed by atoms with Crippen molar-refractivity contribution in [1.29, 1.82) is 0 Å². The van der Waals surface area contributed by atoms with Crippen LogP contribution in [0.15, 0.2) is 53.6 Å². The first-order chi connectivity index (χ1) is 21.4. The van der Waals surface area contributed by atoms with E-state index in [0.29, 0.717) is 17.7 Å². The first kappa shape index (κ1) is 35.5. The summed E-state index contributed by atoms with van der Waals surface area (Å²) >= 11 is 0. The number of nitro benzene ring substituents is 1. The summed E-state index contributed by atoms with van der Waals surface area (Å²) < 4.78 is 10.1. The number of azide groups is 1. The zero-order valence-corrected chi connectivity index (χ0v) is 24.6. The second-order valence-corrected chi connectivity index (χ2v) is 10.1. The van der Waals surface area contributed by atoms with Gasteiger partial charge in [-0.05, 0) is 54.1 Å². The molecule has 0 heterocycles. The maximum absolute atomic E-state index is 13.2. The number of ketones is 1. The number of nitrogens with two attached hydrogens (primary N) is 1. The molecule has 17 nitrogen and oxygen atoms in total. The molecule has 0 spiro atoms. The number of nitrogens with zero attached hydrogens (tertiary/aromatic N) is 4. The van der Waals surface area contributed by atoms with Gasteiger partial charge < -0.3 is 31.2 Å². The van der Waals surface area contributed by atoms with Gasteiger partial charge in [-0.25, -0.2) is 9.59 Å². The molecule has 0 aliphatic carbocycles. The summed E-state index contributed by atoms with van der Waals surface area (Å²) in [6.07, 6.45) is -0.669. The average molecular weight is 627 g/mol. The molecule has 2 rings (SSSR count). The molecular weight excluding hydrogens is 592 g/mol. The van der Waals surface area contributed by atoms with E-state index >= 15 is 0 Å². The number of amides is 4. The first-order valence-corrected chi connectivity index (χ1v) is 13.7. The van der Waals surface area contributed by atoms with E-state index in [9.17, 15) is 34.1 Å². The zero-order valence-electron chi connectivity index (χ0n) is 24.6. The fourth-order valence-electron chi connectivity index (χ4n) is 4.02. The number of nitrogens with one attached hydrogen (secondary N) is 3. The molecule has 0 radical (unpaired) electrons. The Hall–Kier alpha value is -5.70. The van der Waals surface area contributed by atoms with E-state index in [0.717, 1.165) is 0 Å². The standard InChI is InChI=1S/C28H34N8O9/c1-17(2)25(34-24(38)15-32-35-30)23(37)14-19(4-3-13-31-27(29)40)26(39)33-20-7-5-18(6-8-20)16-44-28(41)45-22-11-9-21(10-12-22)36(42)43/h5-12,17,19,25H,3-4,13-16H2,1-2H3,(H,33,39)(H,34,38)(H3,29,31,40)/t19-,25+/m1/s1. The van der Waals surface area contributed by atoms with Crippen LogP contribution in [0.1, 0.15) is 38.7 Å². The predicted molar refractivity (Wildman–Crippen MR) is 160 cm³/mol. The summed E-state index contributed by atoms with van der Waals surface area (Å²) in [6, 6.07) is 9.58. The molecule has 45 heavy (non-hydrogen) atoms. The van der Waals surface area contributed by atoms with Crippen molar-refractivity contribution >= 4 is 41.2 Å². The number of primary amides is 1. The molecule has 2 aromatic carbocycles. The van der Waals surface area contributed by atoms with Crippen LogP contribution in [0.3, 0.4) is 0 Å². The lowest BCUT2D eigenvalue weighted by Gasteiger charge is -2.24. The van der Waals surface area contributed by atoms with Crippen LogP contribution >= 0.6 is 0 Å². The van der Waals surface area contributed by atoms with E-state index < -0.39 is 53.2 Å². The molecule has 0 saturated heterocycles. The number of ether oxygens (including phenoxy) is 2. The number of benzene rings is 2. The topological polar surface area (TPSA) is 258 Å². The third-order valence-electron chi connectivity index (χ3n) is 6.28.